The number of halogens is 3. The van der Waals surface area contributed by atoms with Crippen LogP contribution in [0.3, 0.4) is 0 Å². The van der Waals surface area contributed by atoms with Gasteiger partial charge >= 0.3 is 0 Å². The molecular formula is C20H28F3N3O2. The van der Waals surface area contributed by atoms with Crippen molar-refractivity contribution >= 4 is 17.5 Å². The third-order valence-corrected chi connectivity index (χ3v) is 5.14. The van der Waals surface area contributed by atoms with Crippen LogP contribution in [-0.4, -0.2) is 42.4 Å². The summed E-state index contributed by atoms with van der Waals surface area (Å²) in [5, 5.41) is 5.26. The molecule has 28 heavy (non-hydrogen) atoms. The van der Waals surface area contributed by atoms with Crippen LogP contribution in [0.15, 0.2) is 12.1 Å². The number of nitrogens with one attached hydrogen (secondary N) is 2. The van der Waals surface area contributed by atoms with Crippen molar-refractivity contribution in [1.82, 2.24) is 10.2 Å². The number of benzene rings is 1. The van der Waals surface area contributed by atoms with Crippen LogP contribution in [0, 0.1) is 29.3 Å². The molecule has 0 bridgehead atoms. The van der Waals surface area contributed by atoms with Gasteiger partial charge in [0.15, 0.2) is 17.5 Å². The van der Waals surface area contributed by atoms with E-state index in [9.17, 15) is 22.8 Å². The zero-order valence-electron chi connectivity index (χ0n) is 16.5. The van der Waals surface area contributed by atoms with Crippen LogP contribution in [0.1, 0.15) is 40.0 Å². The van der Waals surface area contributed by atoms with E-state index in [2.05, 4.69) is 24.5 Å². The normalized spacial score (nSPS) is 16.8. The van der Waals surface area contributed by atoms with Gasteiger partial charge in [-0.1, -0.05) is 13.8 Å². The Bertz CT molecular complexity index is 704. The molecule has 1 fully saturated rings. The van der Waals surface area contributed by atoms with E-state index < -0.39 is 35.1 Å². The maximum atomic E-state index is 13.7. The third kappa shape index (κ3) is 5.70. The van der Waals surface area contributed by atoms with E-state index in [4.69, 9.17) is 0 Å². The Morgan fingerprint density at radius 3 is 2.36 bits per heavy atom. The highest BCUT2D eigenvalue weighted by molar-refractivity contribution is 5.94. The van der Waals surface area contributed by atoms with Crippen molar-refractivity contribution in [3.63, 3.8) is 0 Å². The molecule has 5 nitrogen and oxygen atoms in total. The molecule has 1 heterocycles. The quantitative estimate of drug-likeness (QED) is 0.692. The summed E-state index contributed by atoms with van der Waals surface area (Å²) in [5.41, 5.74) is -0.393. The first-order valence-corrected chi connectivity index (χ1v) is 9.66. The Balaban J connectivity index is 1.84. The predicted octanol–water partition coefficient (Wildman–Crippen LogP) is 3.31. The van der Waals surface area contributed by atoms with E-state index in [1.54, 1.807) is 6.92 Å². The SMILES string of the molecule is CC(C)CCNC(=O)C1CCN(C(C)C(=O)Nc2ccc(F)c(F)c2F)CC1. The van der Waals surface area contributed by atoms with E-state index in [0.717, 1.165) is 18.6 Å². The Hall–Kier alpha value is -2.09. The van der Waals surface area contributed by atoms with Crippen molar-refractivity contribution in [3.8, 4) is 0 Å². The molecule has 2 N–H and O–H groups in total. The van der Waals surface area contributed by atoms with Crippen LogP contribution in [0.2, 0.25) is 0 Å². The second kappa shape index (κ2) is 9.91. The predicted molar refractivity (Wildman–Crippen MR) is 101 cm³/mol. The number of carbonyl (C=O) groups is 2. The lowest BCUT2D eigenvalue weighted by atomic mass is 9.94. The number of carbonyl (C=O) groups excluding carboxylic acids is 2. The first-order valence-electron chi connectivity index (χ1n) is 9.66. The van der Waals surface area contributed by atoms with E-state index in [-0.39, 0.29) is 11.8 Å². The molecule has 2 amide bonds. The molecule has 1 saturated heterocycles. The van der Waals surface area contributed by atoms with Crippen molar-refractivity contribution in [3.05, 3.63) is 29.6 Å². The topological polar surface area (TPSA) is 61.4 Å². The summed E-state index contributed by atoms with van der Waals surface area (Å²) in [6, 6.07) is 1.17. The van der Waals surface area contributed by atoms with Crippen molar-refractivity contribution in [1.29, 1.82) is 0 Å². The summed E-state index contributed by atoms with van der Waals surface area (Å²) in [5.74, 6) is -4.36. The van der Waals surface area contributed by atoms with Gasteiger partial charge in [-0.15, -0.1) is 0 Å². The highest BCUT2D eigenvalue weighted by Crippen LogP contribution is 2.22. The molecule has 2 rings (SSSR count). The van der Waals surface area contributed by atoms with Crippen molar-refractivity contribution in [2.24, 2.45) is 11.8 Å². The van der Waals surface area contributed by atoms with Gasteiger partial charge in [-0.25, -0.2) is 13.2 Å². The number of hydrogen-bond acceptors (Lipinski definition) is 3. The van der Waals surface area contributed by atoms with Gasteiger partial charge in [0, 0.05) is 12.5 Å². The standard InChI is InChI=1S/C20H28F3N3O2/c1-12(2)6-9-24-20(28)14-7-10-26(11-8-14)13(3)19(27)25-16-5-4-15(21)17(22)18(16)23/h4-5,12-14H,6-11H2,1-3H3,(H,24,28)(H,25,27). The van der Waals surface area contributed by atoms with E-state index in [0.29, 0.717) is 38.4 Å². The van der Waals surface area contributed by atoms with Crippen LogP contribution in [0.5, 0.6) is 0 Å². The van der Waals surface area contributed by atoms with Gasteiger partial charge < -0.3 is 10.6 Å². The van der Waals surface area contributed by atoms with Gasteiger partial charge in [0.05, 0.1) is 11.7 Å². The largest absolute Gasteiger partial charge is 0.356 e. The number of piperidine rings is 1. The van der Waals surface area contributed by atoms with Crippen molar-refractivity contribution < 1.29 is 22.8 Å². The highest BCUT2D eigenvalue weighted by Gasteiger charge is 2.30. The van der Waals surface area contributed by atoms with Crippen LogP contribution in [0.25, 0.3) is 0 Å². The molecule has 1 aliphatic rings. The lowest BCUT2D eigenvalue weighted by molar-refractivity contribution is -0.127. The molecule has 1 aromatic carbocycles. The number of rotatable bonds is 7. The van der Waals surface area contributed by atoms with Crippen LogP contribution < -0.4 is 10.6 Å². The first kappa shape index (κ1) is 22.2. The molecule has 0 spiro atoms. The van der Waals surface area contributed by atoms with Crippen molar-refractivity contribution in [2.75, 3.05) is 25.0 Å². The molecule has 0 aliphatic carbocycles. The molecule has 0 radical (unpaired) electrons. The zero-order chi connectivity index (χ0) is 20.8. The summed E-state index contributed by atoms with van der Waals surface area (Å²) < 4.78 is 40.0. The van der Waals surface area contributed by atoms with Crippen LogP contribution in [0.4, 0.5) is 18.9 Å². The fourth-order valence-electron chi connectivity index (χ4n) is 3.20. The number of nitrogens with zero attached hydrogens (tertiary/aromatic N) is 1. The Morgan fingerprint density at radius 2 is 1.75 bits per heavy atom. The van der Waals surface area contributed by atoms with Gasteiger partial charge in [-0.05, 0) is 57.3 Å². The first-order chi connectivity index (χ1) is 13.2. The van der Waals surface area contributed by atoms with Crippen LogP contribution in [-0.2, 0) is 9.59 Å². The summed E-state index contributed by atoms with van der Waals surface area (Å²) in [7, 11) is 0. The number of anilines is 1. The molecule has 156 valence electrons. The van der Waals surface area contributed by atoms with Crippen LogP contribution >= 0.6 is 0 Å². The lowest BCUT2D eigenvalue weighted by Gasteiger charge is -2.34. The van der Waals surface area contributed by atoms with Gasteiger partial charge in [0.2, 0.25) is 11.8 Å². The Kier molecular flexibility index (Phi) is 7.86. The van der Waals surface area contributed by atoms with E-state index in [1.165, 1.54) is 0 Å². The smallest absolute Gasteiger partial charge is 0.241 e. The molecule has 1 aromatic rings. The van der Waals surface area contributed by atoms with Gasteiger partial charge in [-0.3, -0.25) is 14.5 Å². The lowest BCUT2D eigenvalue weighted by Crippen LogP contribution is -2.48. The molecule has 0 saturated carbocycles. The minimum Gasteiger partial charge on any atom is -0.356 e. The second-order valence-electron chi connectivity index (χ2n) is 7.67. The minimum absolute atomic E-state index is 0.0428. The number of amides is 2. The fraction of sp³-hybridized carbons (Fsp3) is 0.600. The molecule has 8 heteroatoms. The van der Waals surface area contributed by atoms with Gasteiger partial charge in [-0.2, -0.15) is 0 Å². The Morgan fingerprint density at radius 1 is 1.11 bits per heavy atom. The zero-order valence-corrected chi connectivity index (χ0v) is 16.5. The molecule has 1 atom stereocenters. The average molecular weight is 399 g/mol. The Labute approximate surface area is 163 Å². The number of hydrogen-bond donors (Lipinski definition) is 2. The molecule has 1 aliphatic heterocycles. The fourth-order valence-corrected chi connectivity index (χ4v) is 3.20. The van der Waals surface area contributed by atoms with Crippen molar-refractivity contribution in [2.45, 2.75) is 46.1 Å². The van der Waals surface area contributed by atoms with E-state index >= 15 is 0 Å². The summed E-state index contributed by atoms with van der Waals surface area (Å²) in [4.78, 5) is 26.5. The summed E-state index contributed by atoms with van der Waals surface area (Å²) in [6.45, 7) is 7.63. The van der Waals surface area contributed by atoms with Gasteiger partial charge in [0.1, 0.15) is 0 Å². The number of likely N-dealkylation sites (tertiary alicyclic amines) is 1. The third-order valence-electron chi connectivity index (χ3n) is 5.14. The second-order valence-corrected chi connectivity index (χ2v) is 7.67. The molecular weight excluding hydrogens is 371 g/mol. The van der Waals surface area contributed by atoms with E-state index in [1.807, 2.05) is 4.90 Å². The summed E-state index contributed by atoms with van der Waals surface area (Å²) >= 11 is 0. The molecule has 0 aromatic heterocycles. The highest BCUT2D eigenvalue weighted by atomic mass is 19.2. The average Bonchev–Trinajstić information content (AvgIpc) is 2.67. The molecule has 1 unspecified atom stereocenters. The monoisotopic (exact) mass is 399 g/mol. The maximum Gasteiger partial charge on any atom is 0.241 e. The maximum absolute atomic E-state index is 13.7. The van der Waals surface area contributed by atoms with Gasteiger partial charge in [0.25, 0.3) is 0 Å². The summed E-state index contributed by atoms with van der Waals surface area (Å²) in [6.07, 6.45) is 2.19. The minimum atomic E-state index is -1.62.